The number of rotatable bonds is 5. The maximum Gasteiger partial charge on any atom is 0.171 e. The van der Waals surface area contributed by atoms with Gasteiger partial charge in [0.15, 0.2) is 5.65 Å². The van der Waals surface area contributed by atoms with Crippen LogP contribution < -0.4 is 5.32 Å². The molecule has 0 fully saturated rings. The Morgan fingerprint density at radius 3 is 3.12 bits per heavy atom. The molecule has 0 aliphatic rings. The molecule has 0 amide bonds. The van der Waals surface area contributed by atoms with E-state index in [9.17, 15) is 0 Å². The van der Waals surface area contributed by atoms with Gasteiger partial charge in [0.05, 0.1) is 10.7 Å². The zero-order valence-corrected chi connectivity index (χ0v) is 11.7. The first-order valence-electron chi connectivity index (χ1n) is 5.97. The van der Waals surface area contributed by atoms with E-state index in [0.717, 1.165) is 15.9 Å². The SMILES string of the molecule is CCCCC(C)Nc1ccn2ncc(Br)c2n1. The molecule has 2 heterocycles. The van der Waals surface area contributed by atoms with Crippen molar-refractivity contribution in [2.75, 3.05) is 5.32 Å². The molecule has 0 aliphatic carbocycles. The van der Waals surface area contributed by atoms with Crippen LogP contribution in [0.1, 0.15) is 33.1 Å². The molecule has 0 bridgehead atoms. The second kappa shape index (κ2) is 5.49. The molecule has 2 aromatic heterocycles. The molecule has 2 rings (SSSR count). The normalized spacial score (nSPS) is 12.9. The number of anilines is 1. The van der Waals surface area contributed by atoms with Crippen LogP contribution in [-0.4, -0.2) is 20.6 Å². The molecule has 1 unspecified atom stereocenters. The zero-order chi connectivity index (χ0) is 12.3. The summed E-state index contributed by atoms with van der Waals surface area (Å²) in [5, 5.41) is 7.58. The van der Waals surface area contributed by atoms with E-state index in [1.165, 1.54) is 19.3 Å². The van der Waals surface area contributed by atoms with Gasteiger partial charge in [-0.1, -0.05) is 19.8 Å². The van der Waals surface area contributed by atoms with Crippen LogP contribution in [0.2, 0.25) is 0 Å². The highest BCUT2D eigenvalue weighted by atomic mass is 79.9. The van der Waals surface area contributed by atoms with Crippen LogP contribution in [-0.2, 0) is 0 Å². The van der Waals surface area contributed by atoms with Gasteiger partial charge >= 0.3 is 0 Å². The average Bonchev–Trinajstić information content (AvgIpc) is 2.68. The van der Waals surface area contributed by atoms with Gasteiger partial charge in [-0.2, -0.15) is 5.10 Å². The molecular weight excluding hydrogens is 280 g/mol. The maximum absolute atomic E-state index is 4.53. The molecular formula is C12H17BrN4. The van der Waals surface area contributed by atoms with Gasteiger partial charge in [0.2, 0.25) is 0 Å². The molecule has 1 N–H and O–H groups in total. The fourth-order valence-electron chi connectivity index (χ4n) is 1.76. The molecule has 0 radical (unpaired) electrons. The summed E-state index contributed by atoms with van der Waals surface area (Å²) >= 11 is 3.44. The van der Waals surface area contributed by atoms with Gasteiger partial charge in [0.25, 0.3) is 0 Å². The standard InChI is InChI=1S/C12H17BrN4/c1-3-4-5-9(2)15-11-6-7-17-12(16-11)10(13)8-14-17/h6-9H,3-5H2,1-2H3,(H,15,16). The van der Waals surface area contributed by atoms with Crippen LogP contribution in [0.5, 0.6) is 0 Å². The molecule has 0 saturated carbocycles. The highest BCUT2D eigenvalue weighted by molar-refractivity contribution is 9.10. The molecule has 2 aromatic rings. The number of aromatic nitrogens is 3. The van der Waals surface area contributed by atoms with Crippen LogP contribution in [0, 0.1) is 0 Å². The van der Waals surface area contributed by atoms with Crippen molar-refractivity contribution in [3.8, 4) is 0 Å². The Bertz CT molecular complexity index is 494. The Hall–Kier alpha value is -1.10. The van der Waals surface area contributed by atoms with E-state index in [0.29, 0.717) is 6.04 Å². The van der Waals surface area contributed by atoms with Gasteiger partial charge in [0, 0.05) is 12.2 Å². The van der Waals surface area contributed by atoms with Crippen LogP contribution in [0.4, 0.5) is 5.82 Å². The van der Waals surface area contributed by atoms with Gasteiger partial charge in [-0.05, 0) is 35.3 Å². The summed E-state index contributed by atoms with van der Waals surface area (Å²) in [5.74, 6) is 0.905. The Balaban J connectivity index is 2.10. The Labute approximate surface area is 110 Å². The van der Waals surface area contributed by atoms with E-state index in [-0.39, 0.29) is 0 Å². The molecule has 0 spiro atoms. The third-order valence-corrected chi connectivity index (χ3v) is 3.27. The second-order valence-corrected chi connectivity index (χ2v) is 5.12. The van der Waals surface area contributed by atoms with Crippen molar-refractivity contribution >= 4 is 27.4 Å². The van der Waals surface area contributed by atoms with E-state index in [1.807, 2.05) is 12.3 Å². The van der Waals surface area contributed by atoms with Gasteiger partial charge in [-0.15, -0.1) is 0 Å². The first kappa shape index (κ1) is 12.4. The van der Waals surface area contributed by atoms with Crippen LogP contribution in [0.3, 0.4) is 0 Å². The van der Waals surface area contributed by atoms with Crippen molar-refractivity contribution < 1.29 is 0 Å². The van der Waals surface area contributed by atoms with Crippen LogP contribution in [0.25, 0.3) is 5.65 Å². The minimum Gasteiger partial charge on any atom is -0.368 e. The predicted octanol–water partition coefficient (Wildman–Crippen LogP) is 3.48. The lowest BCUT2D eigenvalue weighted by Gasteiger charge is -2.13. The summed E-state index contributed by atoms with van der Waals surface area (Å²) < 4.78 is 2.67. The maximum atomic E-state index is 4.53. The lowest BCUT2D eigenvalue weighted by atomic mass is 10.1. The minimum absolute atomic E-state index is 0.451. The molecule has 17 heavy (non-hydrogen) atoms. The Kier molecular flexibility index (Phi) is 3.99. The van der Waals surface area contributed by atoms with E-state index in [2.05, 4.69) is 45.2 Å². The lowest BCUT2D eigenvalue weighted by molar-refractivity contribution is 0.643. The number of fused-ring (bicyclic) bond motifs is 1. The second-order valence-electron chi connectivity index (χ2n) is 4.26. The van der Waals surface area contributed by atoms with Crippen molar-refractivity contribution in [2.24, 2.45) is 0 Å². The largest absolute Gasteiger partial charge is 0.368 e. The fraction of sp³-hybridized carbons (Fsp3) is 0.500. The summed E-state index contributed by atoms with van der Waals surface area (Å²) in [6.45, 7) is 4.40. The summed E-state index contributed by atoms with van der Waals surface area (Å²) in [6, 6.07) is 2.40. The van der Waals surface area contributed by atoms with Gasteiger partial charge in [-0.25, -0.2) is 9.50 Å². The molecule has 4 nitrogen and oxygen atoms in total. The molecule has 0 aromatic carbocycles. The number of nitrogens with one attached hydrogen (secondary N) is 1. The van der Waals surface area contributed by atoms with E-state index < -0.39 is 0 Å². The molecule has 0 saturated heterocycles. The summed E-state index contributed by atoms with van der Waals surface area (Å²) in [7, 11) is 0. The lowest BCUT2D eigenvalue weighted by Crippen LogP contribution is -2.16. The van der Waals surface area contributed by atoms with Gasteiger partial charge in [0.1, 0.15) is 5.82 Å². The molecule has 5 heteroatoms. The minimum atomic E-state index is 0.451. The van der Waals surface area contributed by atoms with Crippen LogP contribution >= 0.6 is 15.9 Å². The monoisotopic (exact) mass is 296 g/mol. The number of nitrogens with zero attached hydrogens (tertiary/aromatic N) is 3. The summed E-state index contributed by atoms with van der Waals surface area (Å²) in [4.78, 5) is 4.53. The molecule has 1 atom stereocenters. The number of hydrogen-bond donors (Lipinski definition) is 1. The zero-order valence-electron chi connectivity index (χ0n) is 10.2. The predicted molar refractivity (Wildman–Crippen MR) is 73.3 cm³/mol. The van der Waals surface area contributed by atoms with Crippen molar-refractivity contribution in [1.82, 2.24) is 14.6 Å². The Morgan fingerprint density at radius 1 is 1.53 bits per heavy atom. The van der Waals surface area contributed by atoms with Crippen LogP contribution in [0.15, 0.2) is 22.9 Å². The number of hydrogen-bond acceptors (Lipinski definition) is 3. The van der Waals surface area contributed by atoms with E-state index >= 15 is 0 Å². The van der Waals surface area contributed by atoms with E-state index in [1.54, 1.807) is 10.7 Å². The summed E-state index contributed by atoms with van der Waals surface area (Å²) in [6.07, 6.45) is 7.32. The van der Waals surface area contributed by atoms with Gasteiger partial charge in [-0.3, -0.25) is 0 Å². The van der Waals surface area contributed by atoms with Crippen molar-refractivity contribution in [3.05, 3.63) is 22.9 Å². The third-order valence-electron chi connectivity index (χ3n) is 2.71. The Morgan fingerprint density at radius 2 is 2.35 bits per heavy atom. The van der Waals surface area contributed by atoms with Gasteiger partial charge < -0.3 is 5.32 Å². The van der Waals surface area contributed by atoms with Crippen molar-refractivity contribution in [1.29, 1.82) is 0 Å². The first-order valence-corrected chi connectivity index (χ1v) is 6.76. The fourth-order valence-corrected chi connectivity index (χ4v) is 2.12. The molecule has 92 valence electrons. The molecule has 0 aliphatic heterocycles. The van der Waals surface area contributed by atoms with E-state index in [4.69, 9.17) is 0 Å². The highest BCUT2D eigenvalue weighted by Gasteiger charge is 2.06. The van der Waals surface area contributed by atoms with Crippen molar-refractivity contribution in [2.45, 2.75) is 39.2 Å². The summed E-state index contributed by atoms with van der Waals surface area (Å²) in [5.41, 5.74) is 0.845. The number of unbranched alkanes of at least 4 members (excludes halogenated alkanes) is 1. The highest BCUT2D eigenvalue weighted by Crippen LogP contribution is 2.17. The third kappa shape index (κ3) is 2.97. The number of halogens is 1. The average molecular weight is 297 g/mol. The van der Waals surface area contributed by atoms with Crippen molar-refractivity contribution in [3.63, 3.8) is 0 Å². The quantitative estimate of drug-likeness (QED) is 0.918. The topological polar surface area (TPSA) is 42.2 Å². The first-order chi connectivity index (χ1) is 8.20. The smallest absolute Gasteiger partial charge is 0.171 e.